The van der Waals surface area contributed by atoms with Crippen LogP contribution in [0.1, 0.15) is 31.2 Å². The van der Waals surface area contributed by atoms with Gasteiger partial charge in [-0.1, -0.05) is 36.8 Å². The number of piperidine rings is 1. The molecule has 2 heteroatoms. The van der Waals surface area contributed by atoms with Crippen molar-refractivity contribution in [3.63, 3.8) is 0 Å². The van der Waals surface area contributed by atoms with Gasteiger partial charge >= 0.3 is 0 Å². The van der Waals surface area contributed by atoms with E-state index in [0.29, 0.717) is 0 Å². The Morgan fingerprint density at radius 2 is 2.06 bits per heavy atom. The second-order valence-corrected chi connectivity index (χ2v) is 5.31. The summed E-state index contributed by atoms with van der Waals surface area (Å²) in [5.41, 5.74) is 1.47. The maximum absolute atomic E-state index is 3.28. The second kappa shape index (κ2) is 7.55. The summed E-state index contributed by atoms with van der Waals surface area (Å²) in [6.07, 6.45) is 6.67. The van der Waals surface area contributed by atoms with Crippen molar-refractivity contribution in [2.75, 3.05) is 26.7 Å². The molecule has 1 fully saturated rings. The van der Waals surface area contributed by atoms with Gasteiger partial charge in [-0.15, -0.1) is 0 Å². The first-order valence-corrected chi connectivity index (χ1v) is 7.32. The Bertz CT molecular complexity index is 323. The van der Waals surface area contributed by atoms with E-state index in [0.717, 1.165) is 12.6 Å². The van der Waals surface area contributed by atoms with Gasteiger partial charge in [0.2, 0.25) is 0 Å². The monoisotopic (exact) mass is 246 g/mol. The van der Waals surface area contributed by atoms with Crippen LogP contribution in [0.5, 0.6) is 0 Å². The summed E-state index contributed by atoms with van der Waals surface area (Å²) in [5.74, 6) is 0. The van der Waals surface area contributed by atoms with Gasteiger partial charge in [-0.3, -0.25) is 0 Å². The number of likely N-dealkylation sites (tertiary alicyclic amines) is 1. The Kier molecular flexibility index (Phi) is 5.69. The minimum absolute atomic E-state index is 0.801. The lowest BCUT2D eigenvalue weighted by atomic mass is 9.98. The van der Waals surface area contributed by atoms with E-state index in [1.807, 2.05) is 0 Å². The number of benzene rings is 1. The van der Waals surface area contributed by atoms with E-state index in [2.05, 4.69) is 47.6 Å². The van der Waals surface area contributed by atoms with Crippen LogP contribution < -0.4 is 5.32 Å². The van der Waals surface area contributed by atoms with Crippen LogP contribution >= 0.6 is 0 Å². The smallest absolute Gasteiger partial charge is 0.0107 e. The molecule has 0 aliphatic carbocycles. The number of rotatable bonds is 6. The molecule has 1 aromatic carbocycles. The van der Waals surface area contributed by atoms with Crippen molar-refractivity contribution in [3.8, 4) is 0 Å². The van der Waals surface area contributed by atoms with E-state index in [9.17, 15) is 0 Å². The van der Waals surface area contributed by atoms with Crippen molar-refractivity contribution in [3.05, 3.63) is 35.9 Å². The fourth-order valence-electron chi connectivity index (χ4n) is 2.91. The fraction of sp³-hybridized carbons (Fsp3) is 0.625. The van der Waals surface area contributed by atoms with Gasteiger partial charge in [0.1, 0.15) is 0 Å². The minimum Gasteiger partial charge on any atom is -0.320 e. The molecule has 1 heterocycles. The summed E-state index contributed by atoms with van der Waals surface area (Å²) in [6, 6.07) is 11.7. The summed E-state index contributed by atoms with van der Waals surface area (Å²) in [4.78, 5) is 2.70. The number of hydrogen-bond acceptors (Lipinski definition) is 2. The maximum atomic E-state index is 3.28. The van der Waals surface area contributed by atoms with E-state index in [1.54, 1.807) is 0 Å². The number of nitrogens with one attached hydrogen (secondary N) is 1. The third-order valence-electron chi connectivity index (χ3n) is 4.01. The highest BCUT2D eigenvalue weighted by atomic mass is 15.2. The highest BCUT2D eigenvalue weighted by Gasteiger charge is 2.21. The van der Waals surface area contributed by atoms with Crippen LogP contribution in [0.25, 0.3) is 0 Å². The molecule has 100 valence electrons. The Labute approximate surface area is 111 Å². The zero-order valence-electron chi connectivity index (χ0n) is 11.6. The topological polar surface area (TPSA) is 15.3 Å². The number of nitrogens with zero attached hydrogens (tertiary/aromatic N) is 1. The summed E-state index contributed by atoms with van der Waals surface area (Å²) in [5, 5.41) is 3.28. The van der Waals surface area contributed by atoms with Gasteiger partial charge in [-0.25, -0.2) is 0 Å². The molecule has 0 spiro atoms. The lowest BCUT2D eigenvalue weighted by Crippen LogP contribution is -2.42. The first-order chi connectivity index (χ1) is 8.90. The third kappa shape index (κ3) is 4.11. The molecular weight excluding hydrogens is 220 g/mol. The molecular formula is C16H26N2. The lowest BCUT2D eigenvalue weighted by molar-refractivity contribution is 0.142. The van der Waals surface area contributed by atoms with Gasteiger partial charge in [-0.05, 0) is 51.4 Å². The summed E-state index contributed by atoms with van der Waals surface area (Å²) in [7, 11) is 2.05. The molecule has 1 saturated heterocycles. The van der Waals surface area contributed by atoms with E-state index >= 15 is 0 Å². The lowest BCUT2D eigenvalue weighted by Gasteiger charge is -2.36. The Morgan fingerprint density at radius 3 is 2.83 bits per heavy atom. The predicted molar refractivity (Wildman–Crippen MR) is 77.9 cm³/mol. The second-order valence-electron chi connectivity index (χ2n) is 5.31. The molecule has 0 aromatic heterocycles. The number of hydrogen-bond donors (Lipinski definition) is 1. The molecule has 1 N–H and O–H groups in total. The van der Waals surface area contributed by atoms with Crippen LogP contribution in [0.3, 0.4) is 0 Å². The molecule has 1 aliphatic rings. The largest absolute Gasteiger partial charge is 0.320 e. The SMILES string of the molecule is CNCCC1CCCCN1CCc1ccccc1. The van der Waals surface area contributed by atoms with Crippen molar-refractivity contribution in [1.29, 1.82) is 0 Å². The molecule has 1 atom stereocenters. The van der Waals surface area contributed by atoms with Crippen molar-refractivity contribution in [1.82, 2.24) is 10.2 Å². The van der Waals surface area contributed by atoms with Gasteiger partial charge < -0.3 is 10.2 Å². The van der Waals surface area contributed by atoms with Crippen LogP contribution in [-0.2, 0) is 6.42 Å². The van der Waals surface area contributed by atoms with Gasteiger partial charge in [0.25, 0.3) is 0 Å². The van der Waals surface area contributed by atoms with Crippen LogP contribution in [0.2, 0.25) is 0 Å². The summed E-state index contributed by atoms with van der Waals surface area (Å²) in [6.45, 7) is 3.66. The fourth-order valence-corrected chi connectivity index (χ4v) is 2.91. The summed E-state index contributed by atoms with van der Waals surface area (Å²) < 4.78 is 0. The van der Waals surface area contributed by atoms with Crippen molar-refractivity contribution >= 4 is 0 Å². The zero-order chi connectivity index (χ0) is 12.6. The molecule has 2 rings (SSSR count). The molecule has 0 bridgehead atoms. The molecule has 1 aromatic rings. The first kappa shape index (κ1) is 13.6. The maximum Gasteiger partial charge on any atom is 0.0107 e. The van der Waals surface area contributed by atoms with Crippen LogP contribution in [0, 0.1) is 0 Å². The Balaban J connectivity index is 1.81. The van der Waals surface area contributed by atoms with Crippen molar-refractivity contribution < 1.29 is 0 Å². The normalized spacial score (nSPS) is 21.1. The predicted octanol–water partition coefficient (Wildman–Crippen LogP) is 2.69. The van der Waals surface area contributed by atoms with E-state index < -0.39 is 0 Å². The highest BCUT2D eigenvalue weighted by Crippen LogP contribution is 2.19. The average molecular weight is 246 g/mol. The van der Waals surface area contributed by atoms with Gasteiger partial charge in [-0.2, -0.15) is 0 Å². The quantitative estimate of drug-likeness (QED) is 0.830. The minimum atomic E-state index is 0.801. The summed E-state index contributed by atoms with van der Waals surface area (Å²) >= 11 is 0. The molecule has 1 unspecified atom stereocenters. The molecule has 2 nitrogen and oxygen atoms in total. The van der Waals surface area contributed by atoms with Gasteiger partial charge in [0.15, 0.2) is 0 Å². The van der Waals surface area contributed by atoms with E-state index in [1.165, 1.54) is 50.8 Å². The zero-order valence-corrected chi connectivity index (χ0v) is 11.6. The molecule has 0 amide bonds. The highest BCUT2D eigenvalue weighted by molar-refractivity contribution is 5.14. The van der Waals surface area contributed by atoms with Gasteiger partial charge in [0, 0.05) is 12.6 Å². The standard InChI is InChI=1S/C16H26N2/c1-17-12-10-16-9-5-6-13-18(16)14-11-15-7-3-2-4-8-15/h2-4,7-8,16-17H,5-6,9-14H2,1H3. The molecule has 0 saturated carbocycles. The Morgan fingerprint density at radius 1 is 1.22 bits per heavy atom. The van der Waals surface area contributed by atoms with Crippen molar-refractivity contribution in [2.24, 2.45) is 0 Å². The van der Waals surface area contributed by atoms with Crippen LogP contribution in [-0.4, -0.2) is 37.6 Å². The molecule has 1 aliphatic heterocycles. The third-order valence-corrected chi connectivity index (χ3v) is 4.01. The van der Waals surface area contributed by atoms with E-state index in [-0.39, 0.29) is 0 Å². The molecule has 18 heavy (non-hydrogen) atoms. The average Bonchev–Trinajstić information content (AvgIpc) is 2.45. The van der Waals surface area contributed by atoms with Gasteiger partial charge in [0.05, 0.1) is 0 Å². The first-order valence-electron chi connectivity index (χ1n) is 7.32. The Hall–Kier alpha value is -0.860. The van der Waals surface area contributed by atoms with Crippen LogP contribution in [0.15, 0.2) is 30.3 Å². The van der Waals surface area contributed by atoms with E-state index in [4.69, 9.17) is 0 Å². The van der Waals surface area contributed by atoms with Crippen molar-refractivity contribution in [2.45, 2.75) is 38.1 Å². The molecule has 0 radical (unpaired) electrons. The van der Waals surface area contributed by atoms with Crippen LogP contribution in [0.4, 0.5) is 0 Å².